The van der Waals surface area contributed by atoms with Crippen LogP contribution in [0.2, 0.25) is 0 Å². The fourth-order valence-corrected chi connectivity index (χ4v) is 4.65. The molecule has 0 radical (unpaired) electrons. The topological polar surface area (TPSA) is 92.8 Å². The molecular formula is C20H30N2O5. The minimum atomic E-state index is -0.558. The summed E-state index contributed by atoms with van der Waals surface area (Å²) in [6, 6.07) is 0.146. The van der Waals surface area contributed by atoms with Gasteiger partial charge in [0.05, 0.1) is 18.3 Å². The van der Waals surface area contributed by atoms with Crippen LogP contribution in [0.4, 0.5) is 0 Å². The van der Waals surface area contributed by atoms with Crippen LogP contribution in [0.25, 0.3) is 0 Å². The van der Waals surface area contributed by atoms with Crippen molar-refractivity contribution in [2.24, 2.45) is 17.8 Å². The maximum atomic E-state index is 12.4. The monoisotopic (exact) mass is 378 g/mol. The Kier molecular flexibility index (Phi) is 6.50. The number of carbonyl (C=O) groups excluding carboxylic acids is 4. The van der Waals surface area contributed by atoms with Crippen molar-refractivity contribution in [1.82, 2.24) is 10.2 Å². The van der Waals surface area contributed by atoms with Gasteiger partial charge in [0.1, 0.15) is 0 Å². The van der Waals surface area contributed by atoms with Crippen molar-refractivity contribution >= 4 is 23.7 Å². The summed E-state index contributed by atoms with van der Waals surface area (Å²) in [5.74, 6) is -1.12. The molecule has 2 aliphatic carbocycles. The van der Waals surface area contributed by atoms with E-state index in [1.54, 1.807) is 0 Å². The average molecular weight is 378 g/mol. The maximum absolute atomic E-state index is 12.4. The van der Waals surface area contributed by atoms with Gasteiger partial charge in [0.25, 0.3) is 5.91 Å². The predicted molar refractivity (Wildman–Crippen MR) is 97.3 cm³/mol. The summed E-state index contributed by atoms with van der Waals surface area (Å²) < 4.78 is 5.03. The molecule has 7 heteroatoms. The molecule has 0 aromatic rings. The largest absolute Gasteiger partial charge is 0.456 e. The van der Waals surface area contributed by atoms with Gasteiger partial charge in [0, 0.05) is 12.6 Å². The molecule has 1 N–H and O–H groups in total. The quantitative estimate of drug-likeness (QED) is 0.562. The highest BCUT2D eigenvalue weighted by atomic mass is 16.5. The Balaban J connectivity index is 1.39. The standard InChI is InChI=1S/C20H30N2O5/c1-13-6-2-5-9-16(13)21-17(23)12-27-18(24)10-11-22-19(25)14-7-3-4-8-15(14)20(22)26/h13-16H,2-12H2,1H3,(H,21,23)/t13-,14-,15+,16-/m1/s1. The Morgan fingerprint density at radius 1 is 1.00 bits per heavy atom. The van der Waals surface area contributed by atoms with Gasteiger partial charge in [-0.2, -0.15) is 0 Å². The van der Waals surface area contributed by atoms with Crippen LogP contribution in [-0.4, -0.2) is 47.8 Å². The lowest BCUT2D eigenvalue weighted by Crippen LogP contribution is -2.43. The van der Waals surface area contributed by atoms with E-state index in [1.165, 1.54) is 11.3 Å². The van der Waals surface area contributed by atoms with Crippen LogP contribution in [-0.2, 0) is 23.9 Å². The summed E-state index contributed by atoms with van der Waals surface area (Å²) in [5.41, 5.74) is 0. The molecule has 3 rings (SSSR count). The van der Waals surface area contributed by atoms with Gasteiger partial charge in [0.2, 0.25) is 11.8 Å². The lowest BCUT2D eigenvalue weighted by atomic mass is 9.81. The number of likely N-dealkylation sites (tertiary alicyclic amines) is 1. The molecule has 1 aliphatic heterocycles. The predicted octanol–water partition coefficient (Wildman–Crippen LogP) is 1.79. The Labute approximate surface area is 160 Å². The number of amides is 3. The third-order valence-electron chi connectivity index (χ3n) is 6.29. The van der Waals surface area contributed by atoms with Gasteiger partial charge in [-0.3, -0.25) is 24.1 Å². The Morgan fingerprint density at radius 3 is 2.22 bits per heavy atom. The number of fused-ring (bicyclic) bond motifs is 1. The Hall–Kier alpha value is -1.92. The molecule has 1 heterocycles. The van der Waals surface area contributed by atoms with E-state index in [-0.39, 0.29) is 55.2 Å². The Bertz CT molecular complexity index is 581. The smallest absolute Gasteiger partial charge is 0.308 e. The third kappa shape index (κ3) is 4.68. The van der Waals surface area contributed by atoms with E-state index in [4.69, 9.17) is 4.74 Å². The third-order valence-corrected chi connectivity index (χ3v) is 6.29. The van der Waals surface area contributed by atoms with Crippen molar-refractivity contribution in [2.75, 3.05) is 13.2 Å². The zero-order valence-corrected chi connectivity index (χ0v) is 16.1. The summed E-state index contributed by atoms with van der Waals surface area (Å²) in [5, 5.41) is 2.93. The number of esters is 1. The summed E-state index contributed by atoms with van der Waals surface area (Å²) in [6.07, 6.45) is 7.77. The number of hydrogen-bond acceptors (Lipinski definition) is 5. The van der Waals surface area contributed by atoms with Crippen LogP contribution in [0.15, 0.2) is 0 Å². The van der Waals surface area contributed by atoms with Gasteiger partial charge >= 0.3 is 5.97 Å². The molecule has 0 aromatic heterocycles. The van der Waals surface area contributed by atoms with Crippen LogP contribution in [0, 0.1) is 17.8 Å². The summed E-state index contributed by atoms with van der Waals surface area (Å²) >= 11 is 0. The molecule has 1 saturated heterocycles. The first-order valence-electron chi connectivity index (χ1n) is 10.3. The molecule has 0 aromatic carbocycles. The molecular weight excluding hydrogens is 348 g/mol. The fraction of sp³-hybridized carbons (Fsp3) is 0.800. The lowest BCUT2D eigenvalue weighted by molar-refractivity contribution is -0.150. The van der Waals surface area contributed by atoms with Gasteiger partial charge in [-0.05, 0) is 31.6 Å². The molecule has 2 saturated carbocycles. The van der Waals surface area contributed by atoms with Gasteiger partial charge in [-0.15, -0.1) is 0 Å². The normalized spacial score (nSPS) is 30.8. The van der Waals surface area contributed by atoms with Gasteiger partial charge in [-0.1, -0.05) is 32.6 Å². The van der Waals surface area contributed by atoms with Crippen molar-refractivity contribution in [3.63, 3.8) is 0 Å². The zero-order valence-electron chi connectivity index (χ0n) is 16.1. The van der Waals surface area contributed by atoms with Gasteiger partial charge in [0.15, 0.2) is 6.61 Å². The van der Waals surface area contributed by atoms with E-state index in [1.807, 2.05) is 0 Å². The van der Waals surface area contributed by atoms with Crippen molar-refractivity contribution in [3.05, 3.63) is 0 Å². The number of rotatable bonds is 6. The van der Waals surface area contributed by atoms with E-state index >= 15 is 0 Å². The summed E-state index contributed by atoms with van der Waals surface area (Å²) in [6.45, 7) is 1.86. The van der Waals surface area contributed by atoms with E-state index in [9.17, 15) is 19.2 Å². The Morgan fingerprint density at radius 2 is 1.59 bits per heavy atom. The van der Waals surface area contributed by atoms with E-state index in [0.29, 0.717) is 5.92 Å². The number of ether oxygens (including phenoxy) is 1. The summed E-state index contributed by atoms with van der Waals surface area (Å²) in [7, 11) is 0. The molecule has 0 unspecified atom stereocenters. The number of nitrogens with one attached hydrogen (secondary N) is 1. The molecule has 0 spiro atoms. The number of nitrogens with zero attached hydrogens (tertiary/aromatic N) is 1. The second-order valence-electron chi connectivity index (χ2n) is 8.17. The zero-order chi connectivity index (χ0) is 19.4. The number of hydrogen-bond donors (Lipinski definition) is 1. The maximum Gasteiger partial charge on any atom is 0.308 e. The van der Waals surface area contributed by atoms with Gasteiger partial charge in [-0.25, -0.2) is 0 Å². The fourth-order valence-electron chi connectivity index (χ4n) is 4.65. The highest BCUT2D eigenvalue weighted by Gasteiger charge is 2.47. The molecule has 3 fully saturated rings. The van der Waals surface area contributed by atoms with E-state index in [0.717, 1.165) is 44.9 Å². The molecule has 4 atom stereocenters. The lowest BCUT2D eigenvalue weighted by Gasteiger charge is -2.29. The van der Waals surface area contributed by atoms with E-state index < -0.39 is 5.97 Å². The number of imide groups is 1. The van der Waals surface area contributed by atoms with Crippen LogP contribution < -0.4 is 5.32 Å². The molecule has 27 heavy (non-hydrogen) atoms. The molecule has 3 amide bonds. The first-order chi connectivity index (χ1) is 13.0. The highest BCUT2D eigenvalue weighted by molar-refractivity contribution is 6.05. The van der Waals surface area contributed by atoms with Crippen molar-refractivity contribution < 1.29 is 23.9 Å². The molecule has 7 nitrogen and oxygen atoms in total. The van der Waals surface area contributed by atoms with Crippen LogP contribution in [0.5, 0.6) is 0 Å². The van der Waals surface area contributed by atoms with Crippen LogP contribution in [0.3, 0.4) is 0 Å². The first-order valence-corrected chi connectivity index (χ1v) is 10.3. The van der Waals surface area contributed by atoms with Gasteiger partial charge < -0.3 is 10.1 Å². The second kappa shape index (κ2) is 8.85. The number of carbonyl (C=O) groups is 4. The molecule has 3 aliphatic rings. The minimum absolute atomic E-state index is 0.0464. The minimum Gasteiger partial charge on any atom is -0.456 e. The first kappa shape index (κ1) is 19.8. The molecule has 150 valence electrons. The van der Waals surface area contributed by atoms with Crippen molar-refractivity contribution in [2.45, 2.75) is 70.8 Å². The summed E-state index contributed by atoms with van der Waals surface area (Å²) in [4.78, 5) is 49.9. The van der Waals surface area contributed by atoms with Crippen molar-refractivity contribution in [3.8, 4) is 0 Å². The van der Waals surface area contributed by atoms with Crippen LogP contribution >= 0.6 is 0 Å². The second-order valence-corrected chi connectivity index (χ2v) is 8.17. The average Bonchev–Trinajstić information content (AvgIpc) is 2.91. The van der Waals surface area contributed by atoms with Crippen LogP contribution in [0.1, 0.15) is 64.7 Å². The van der Waals surface area contributed by atoms with Crippen molar-refractivity contribution in [1.29, 1.82) is 0 Å². The SMILES string of the molecule is C[C@@H]1CCCC[C@H]1NC(=O)COC(=O)CCN1C(=O)[C@H]2CCCC[C@H]2C1=O. The highest BCUT2D eigenvalue weighted by Crippen LogP contribution is 2.37. The molecule has 0 bridgehead atoms. The van der Waals surface area contributed by atoms with E-state index in [2.05, 4.69) is 12.2 Å².